The van der Waals surface area contributed by atoms with Crippen molar-refractivity contribution in [3.8, 4) is 5.75 Å². The maximum absolute atomic E-state index is 12.0. The molecule has 0 atom stereocenters. The van der Waals surface area contributed by atoms with Gasteiger partial charge in [-0.25, -0.2) is 13.1 Å². The van der Waals surface area contributed by atoms with Crippen LogP contribution < -0.4 is 14.8 Å². The van der Waals surface area contributed by atoms with E-state index in [9.17, 15) is 13.2 Å². The van der Waals surface area contributed by atoms with E-state index in [-0.39, 0.29) is 24.0 Å². The molecule has 2 rings (SSSR count). The molecule has 0 saturated carbocycles. The first kappa shape index (κ1) is 20.4. The first-order valence-electron chi connectivity index (χ1n) is 7.40. The minimum absolute atomic E-state index is 0.0960. The molecular weight excluding hydrogens is 444 g/mol. The summed E-state index contributed by atoms with van der Waals surface area (Å²) in [6.07, 6.45) is 1.45. The van der Waals surface area contributed by atoms with Gasteiger partial charge in [-0.05, 0) is 58.4 Å². The van der Waals surface area contributed by atoms with Gasteiger partial charge in [-0.3, -0.25) is 4.79 Å². The predicted octanol–water partition coefficient (Wildman–Crippen LogP) is 3.58. The zero-order chi connectivity index (χ0) is 19.2. The Morgan fingerprint density at radius 3 is 2.54 bits per heavy atom. The lowest BCUT2D eigenvalue weighted by Gasteiger charge is -2.10. The molecule has 6 nitrogen and oxygen atoms in total. The lowest BCUT2D eigenvalue weighted by atomic mass is 10.3. The van der Waals surface area contributed by atoms with Crippen LogP contribution in [0.3, 0.4) is 0 Å². The molecule has 0 fully saturated rings. The highest BCUT2D eigenvalue weighted by atomic mass is 79.9. The van der Waals surface area contributed by atoms with Gasteiger partial charge in [0.2, 0.25) is 10.0 Å². The van der Waals surface area contributed by atoms with Gasteiger partial charge in [-0.15, -0.1) is 6.58 Å². The minimum atomic E-state index is -3.60. The summed E-state index contributed by atoms with van der Waals surface area (Å²) < 4.78 is 32.3. The van der Waals surface area contributed by atoms with Crippen LogP contribution in [0.25, 0.3) is 0 Å². The van der Waals surface area contributed by atoms with E-state index in [0.29, 0.717) is 20.9 Å². The highest BCUT2D eigenvalue weighted by molar-refractivity contribution is 9.10. The third-order valence-electron chi connectivity index (χ3n) is 3.12. The quantitative estimate of drug-likeness (QED) is 0.591. The molecule has 0 aromatic heterocycles. The number of hydrogen-bond acceptors (Lipinski definition) is 4. The average molecular weight is 460 g/mol. The summed E-state index contributed by atoms with van der Waals surface area (Å²) in [5.41, 5.74) is 0.455. The Bertz CT molecular complexity index is 901. The standard InChI is InChI=1S/C17H16BrClN2O4S/c1-2-9-20-26(23,24)14-6-4-13(5-7-14)21-17(22)11-25-16-8-3-12(19)10-15(16)18/h2-8,10,20H,1,9,11H2,(H,21,22). The van der Waals surface area contributed by atoms with Gasteiger partial charge in [0.1, 0.15) is 5.75 Å². The van der Waals surface area contributed by atoms with Gasteiger partial charge in [0.05, 0.1) is 9.37 Å². The molecule has 2 aromatic rings. The van der Waals surface area contributed by atoms with Crippen LogP contribution >= 0.6 is 27.5 Å². The third kappa shape index (κ3) is 5.84. The fraction of sp³-hybridized carbons (Fsp3) is 0.118. The predicted molar refractivity (Wildman–Crippen MR) is 105 cm³/mol. The van der Waals surface area contributed by atoms with Crippen LogP contribution in [0, 0.1) is 0 Å². The summed E-state index contributed by atoms with van der Waals surface area (Å²) in [6, 6.07) is 10.8. The van der Waals surface area contributed by atoms with Crippen molar-refractivity contribution in [1.29, 1.82) is 0 Å². The molecule has 0 unspecified atom stereocenters. The SMILES string of the molecule is C=CCNS(=O)(=O)c1ccc(NC(=O)COc2ccc(Cl)cc2Br)cc1. The molecule has 0 heterocycles. The van der Waals surface area contributed by atoms with Gasteiger partial charge in [0.15, 0.2) is 6.61 Å². The molecule has 138 valence electrons. The molecule has 0 aliphatic heterocycles. The van der Waals surface area contributed by atoms with Gasteiger partial charge in [0.25, 0.3) is 5.91 Å². The van der Waals surface area contributed by atoms with Crippen molar-refractivity contribution in [2.24, 2.45) is 0 Å². The second-order valence-corrected chi connectivity index (χ2v) is 8.13. The molecule has 2 aromatic carbocycles. The lowest BCUT2D eigenvalue weighted by Crippen LogP contribution is -2.23. The van der Waals surface area contributed by atoms with E-state index in [0.717, 1.165) is 0 Å². The van der Waals surface area contributed by atoms with Crippen LogP contribution in [0.1, 0.15) is 0 Å². The summed E-state index contributed by atoms with van der Waals surface area (Å²) in [6.45, 7) is 3.39. The van der Waals surface area contributed by atoms with Crippen molar-refractivity contribution < 1.29 is 17.9 Å². The molecule has 0 aliphatic rings. The van der Waals surface area contributed by atoms with E-state index in [4.69, 9.17) is 16.3 Å². The molecule has 2 N–H and O–H groups in total. The Kier molecular flexibility index (Phi) is 7.22. The zero-order valence-electron chi connectivity index (χ0n) is 13.5. The second kappa shape index (κ2) is 9.18. The number of carbonyl (C=O) groups is 1. The second-order valence-electron chi connectivity index (χ2n) is 5.08. The van der Waals surface area contributed by atoms with Crippen LogP contribution in [0.5, 0.6) is 5.75 Å². The number of rotatable bonds is 8. The molecule has 0 bridgehead atoms. The number of nitrogens with one attached hydrogen (secondary N) is 2. The van der Waals surface area contributed by atoms with E-state index in [2.05, 4.69) is 32.5 Å². The molecule has 0 spiro atoms. The Hall–Kier alpha value is -1.87. The van der Waals surface area contributed by atoms with Crippen molar-refractivity contribution in [2.45, 2.75) is 4.90 Å². The highest BCUT2D eigenvalue weighted by Gasteiger charge is 2.13. The highest BCUT2D eigenvalue weighted by Crippen LogP contribution is 2.27. The Morgan fingerprint density at radius 2 is 1.92 bits per heavy atom. The van der Waals surface area contributed by atoms with Gasteiger partial charge in [-0.1, -0.05) is 17.7 Å². The summed E-state index contributed by atoms with van der Waals surface area (Å²) in [7, 11) is -3.60. The number of anilines is 1. The zero-order valence-corrected chi connectivity index (χ0v) is 16.7. The molecule has 0 aliphatic carbocycles. The molecular formula is C17H16BrClN2O4S. The molecule has 26 heavy (non-hydrogen) atoms. The number of sulfonamides is 1. The Morgan fingerprint density at radius 1 is 1.23 bits per heavy atom. The number of hydrogen-bond donors (Lipinski definition) is 2. The number of benzene rings is 2. The van der Waals surface area contributed by atoms with Crippen molar-refractivity contribution in [3.05, 3.63) is 64.6 Å². The van der Waals surface area contributed by atoms with Crippen LogP contribution in [-0.2, 0) is 14.8 Å². The van der Waals surface area contributed by atoms with Gasteiger partial charge in [-0.2, -0.15) is 0 Å². The van der Waals surface area contributed by atoms with E-state index in [1.54, 1.807) is 18.2 Å². The fourth-order valence-corrected chi connectivity index (χ4v) is 3.70. The maximum atomic E-state index is 12.0. The minimum Gasteiger partial charge on any atom is -0.483 e. The largest absolute Gasteiger partial charge is 0.483 e. The van der Waals surface area contributed by atoms with Crippen LogP contribution in [0.15, 0.2) is 64.5 Å². The van der Waals surface area contributed by atoms with Crippen molar-refractivity contribution >= 4 is 49.1 Å². The first-order valence-corrected chi connectivity index (χ1v) is 10.1. The van der Waals surface area contributed by atoms with E-state index in [1.807, 2.05) is 0 Å². The van der Waals surface area contributed by atoms with E-state index in [1.165, 1.54) is 30.3 Å². The Balaban J connectivity index is 1.94. The van der Waals surface area contributed by atoms with Crippen molar-refractivity contribution in [1.82, 2.24) is 4.72 Å². The first-order chi connectivity index (χ1) is 12.3. The third-order valence-corrected chi connectivity index (χ3v) is 5.41. The van der Waals surface area contributed by atoms with Gasteiger partial charge in [0, 0.05) is 17.3 Å². The smallest absolute Gasteiger partial charge is 0.262 e. The van der Waals surface area contributed by atoms with E-state index >= 15 is 0 Å². The topological polar surface area (TPSA) is 84.5 Å². The van der Waals surface area contributed by atoms with Gasteiger partial charge >= 0.3 is 0 Å². The monoisotopic (exact) mass is 458 g/mol. The number of ether oxygens (including phenoxy) is 1. The summed E-state index contributed by atoms with van der Waals surface area (Å²) in [4.78, 5) is 12.1. The molecule has 1 amide bonds. The summed E-state index contributed by atoms with van der Waals surface area (Å²) in [5.74, 6) is 0.103. The number of amides is 1. The van der Waals surface area contributed by atoms with Crippen LogP contribution in [0.4, 0.5) is 5.69 Å². The fourth-order valence-electron chi connectivity index (χ4n) is 1.90. The van der Waals surface area contributed by atoms with Crippen molar-refractivity contribution in [3.63, 3.8) is 0 Å². The van der Waals surface area contributed by atoms with E-state index < -0.39 is 10.0 Å². The number of carbonyl (C=O) groups excluding carboxylic acids is 1. The molecule has 0 radical (unpaired) electrons. The molecule has 9 heteroatoms. The average Bonchev–Trinajstić information content (AvgIpc) is 2.60. The van der Waals surface area contributed by atoms with Gasteiger partial charge < -0.3 is 10.1 Å². The maximum Gasteiger partial charge on any atom is 0.262 e. The van der Waals surface area contributed by atoms with Crippen LogP contribution in [-0.4, -0.2) is 27.5 Å². The number of halogens is 2. The lowest BCUT2D eigenvalue weighted by molar-refractivity contribution is -0.118. The van der Waals surface area contributed by atoms with Crippen molar-refractivity contribution in [2.75, 3.05) is 18.5 Å². The Labute approximate surface area is 165 Å². The summed E-state index contributed by atoms with van der Waals surface area (Å²) in [5, 5.41) is 3.18. The molecule has 0 saturated heterocycles. The normalized spacial score (nSPS) is 11.0. The summed E-state index contributed by atoms with van der Waals surface area (Å²) >= 11 is 9.14. The van der Waals surface area contributed by atoms with Crippen LogP contribution in [0.2, 0.25) is 5.02 Å².